The number of aromatic nitrogens is 2. The van der Waals surface area contributed by atoms with Gasteiger partial charge in [-0.05, 0) is 30.4 Å². The van der Waals surface area contributed by atoms with Crippen molar-refractivity contribution in [1.82, 2.24) is 9.55 Å². The minimum absolute atomic E-state index is 0.0208. The second-order valence-corrected chi connectivity index (χ2v) is 8.60. The summed E-state index contributed by atoms with van der Waals surface area (Å²) in [4.78, 5) is 52.2. The van der Waals surface area contributed by atoms with Crippen molar-refractivity contribution in [1.29, 1.82) is 0 Å². The molecule has 1 aromatic carbocycles. The van der Waals surface area contributed by atoms with Crippen LogP contribution in [-0.2, 0) is 11.3 Å². The third kappa shape index (κ3) is 5.96. The summed E-state index contributed by atoms with van der Waals surface area (Å²) in [5, 5.41) is 13.9. The molecule has 0 aliphatic heterocycles. The van der Waals surface area contributed by atoms with E-state index in [9.17, 15) is 24.5 Å². The molecule has 0 fully saturated rings. The van der Waals surface area contributed by atoms with Gasteiger partial charge in [0.05, 0.1) is 11.5 Å². The van der Waals surface area contributed by atoms with Gasteiger partial charge in [0.2, 0.25) is 5.91 Å². The summed E-state index contributed by atoms with van der Waals surface area (Å²) in [6, 6.07) is 4.48. The molecule has 0 saturated carbocycles. The van der Waals surface area contributed by atoms with E-state index in [-0.39, 0.29) is 41.3 Å². The van der Waals surface area contributed by atoms with Crippen LogP contribution in [0.1, 0.15) is 33.3 Å². The summed E-state index contributed by atoms with van der Waals surface area (Å²) in [6.07, 6.45) is 0. The highest BCUT2D eigenvalue weighted by Gasteiger charge is 2.23. The Balaban J connectivity index is 2.42. The first-order valence-electron chi connectivity index (χ1n) is 10.3. The predicted molar refractivity (Wildman–Crippen MR) is 124 cm³/mol. The minimum Gasteiger partial charge on any atom is -0.383 e. The van der Waals surface area contributed by atoms with Crippen molar-refractivity contribution >= 4 is 28.8 Å². The summed E-state index contributed by atoms with van der Waals surface area (Å²) in [5.74, 6) is -0.432. The van der Waals surface area contributed by atoms with E-state index >= 15 is 0 Å². The Morgan fingerprint density at radius 3 is 2.47 bits per heavy atom. The Bertz CT molecular complexity index is 1120. The number of anilines is 3. The van der Waals surface area contributed by atoms with E-state index in [0.717, 1.165) is 0 Å². The molecule has 0 aliphatic carbocycles. The fourth-order valence-corrected chi connectivity index (χ4v) is 3.37. The third-order valence-corrected chi connectivity index (χ3v) is 4.62. The van der Waals surface area contributed by atoms with Crippen LogP contribution in [0.5, 0.6) is 0 Å². The van der Waals surface area contributed by atoms with E-state index in [2.05, 4.69) is 10.3 Å². The molecular formula is C21H30N6O5. The molecule has 1 aromatic heterocycles. The van der Waals surface area contributed by atoms with Crippen molar-refractivity contribution in [2.45, 2.75) is 41.2 Å². The summed E-state index contributed by atoms with van der Waals surface area (Å²) < 4.78 is 1.28. The van der Waals surface area contributed by atoms with Gasteiger partial charge in [-0.15, -0.1) is 0 Å². The van der Waals surface area contributed by atoms with E-state index in [1.54, 1.807) is 13.0 Å². The lowest BCUT2D eigenvalue weighted by Crippen LogP contribution is -2.43. The molecule has 11 nitrogen and oxygen atoms in total. The number of nitrogen functional groups attached to an aromatic ring is 1. The summed E-state index contributed by atoms with van der Waals surface area (Å²) >= 11 is 0. The molecule has 4 N–H and O–H groups in total. The number of rotatable bonds is 9. The van der Waals surface area contributed by atoms with Gasteiger partial charge < -0.3 is 16.0 Å². The number of hydrogen-bond donors (Lipinski definition) is 3. The smallest absolute Gasteiger partial charge is 0.330 e. The first-order valence-corrected chi connectivity index (χ1v) is 10.3. The molecule has 1 amide bonds. The lowest BCUT2D eigenvalue weighted by atomic mass is 10.1. The van der Waals surface area contributed by atoms with Crippen LogP contribution >= 0.6 is 0 Å². The van der Waals surface area contributed by atoms with Gasteiger partial charge in [-0.25, -0.2) is 4.79 Å². The molecule has 32 heavy (non-hydrogen) atoms. The van der Waals surface area contributed by atoms with Crippen molar-refractivity contribution in [3.63, 3.8) is 0 Å². The topological polar surface area (TPSA) is 156 Å². The van der Waals surface area contributed by atoms with Gasteiger partial charge in [-0.3, -0.25) is 29.3 Å². The largest absolute Gasteiger partial charge is 0.383 e. The second kappa shape index (κ2) is 10.1. The van der Waals surface area contributed by atoms with E-state index in [1.165, 1.54) is 21.6 Å². The number of nitrogens with zero attached hydrogens (tertiary/aromatic N) is 3. The SMILES string of the molecule is Cc1ccc(NC(=O)CN(CC(C)C)c2c(N)n(CC(C)C)c(=O)[nH]c2=O)c([N+](=O)[O-])c1. The van der Waals surface area contributed by atoms with Gasteiger partial charge in [-0.2, -0.15) is 0 Å². The van der Waals surface area contributed by atoms with Gasteiger partial charge in [0.25, 0.3) is 11.2 Å². The highest BCUT2D eigenvalue weighted by atomic mass is 16.6. The number of carbonyl (C=O) groups excluding carboxylic acids is 1. The predicted octanol–water partition coefficient (Wildman–Crippen LogP) is 2.09. The maximum absolute atomic E-state index is 12.8. The molecule has 174 valence electrons. The number of nitrogens with one attached hydrogen (secondary N) is 2. The van der Waals surface area contributed by atoms with Crippen molar-refractivity contribution < 1.29 is 9.72 Å². The monoisotopic (exact) mass is 446 g/mol. The van der Waals surface area contributed by atoms with E-state index in [4.69, 9.17) is 5.73 Å². The number of nitro benzene ring substituents is 1. The van der Waals surface area contributed by atoms with Gasteiger partial charge in [0.1, 0.15) is 17.2 Å². The van der Waals surface area contributed by atoms with E-state index in [0.29, 0.717) is 18.7 Å². The molecule has 0 bridgehead atoms. The van der Waals surface area contributed by atoms with Crippen molar-refractivity contribution in [2.24, 2.45) is 11.8 Å². The fraction of sp³-hybridized carbons (Fsp3) is 0.476. The van der Waals surface area contributed by atoms with Crippen molar-refractivity contribution in [3.8, 4) is 0 Å². The molecule has 0 spiro atoms. The van der Waals surface area contributed by atoms with Crippen LogP contribution < -0.4 is 27.2 Å². The normalized spacial score (nSPS) is 11.1. The molecular weight excluding hydrogens is 416 g/mol. The number of nitrogens with two attached hydrogens (primary N) is 1. The molecule has 2 aromatic rings. The average Bonchev–Trinajstić information content (AvgIpc) is 2.65. The zero-order chi connectivity index (χ0) is 24.2. The highest BCUT2D eigenvalue weighted by molar-refractivity contribution is 5.96. The van der Waals surface area contributed by atoms with Crippen LogP contribution in [-0.4, -0.2) is 33.5 Å². The quantitative estimate of drug-likeness (QED) is 0.393. The van der Waals surface area contributed by atoms with Gasteiger partial charge in [-0.1, -0.05) is 33.8 Å². The molecule has 0 saturated heterocycles. The lowest BCUT2D eigenvalue weighted by Gasteiger charge is -2.27. The molecule has 11 heteroatoms. The summed E-state index contributed by atoms with van der Waals surface area (Å²) in [6.45, 7) is 9.66. The van der Waals surface area contributed by atoms with E-state index < -0.39 is 22.1 Å². The molecule has 0 atom stereocenters. The van der Waals surface area contributed by atoms with E-state index in [1.807, 2.05) is 27.7 Å². The van der Waals surface area contributed by atoms with Crippen molar-refractivity contribution in [2.75, 3.05) is 29.0 Å². The number of aromatic amines is 1. The molecule has 2 rings (SSSR count). The Kier molecular flexibility index (Phi) is 7.79. The highest BCUT2D eigenvalue weighted by Crippen LogP contribution is 2.26. The first kappa shape index (κ1) is 24.6. The number of nitro groups is 1. The van der Waals surface area contributed by atoms with Crippen LogP contribution in [0.4, 0.5) is 22.9 Å². The van der Waals surface area contributed by atoms with Crippen molar-refractivity contribution in [3.05, 3.63) is 54.7 Å². The number of hydrogen-bond acceptors (Lipinski definition) is 7. The fourth-order valence-electron chi connectivity index (χ4n) is 3.37. The zero-order valence-electron chi connectivity index (χ0n) is 19.0. The van der Waals surface area contributed by atoms with Crippen LogP contribution in [0.25, 0.3) is 0 Å². The molecule has 0 radical (unpaired) electrons. The zero-order valence-corrected chi connectivity index (χ0v) is 19.0. The number of carbonyl (C=O) groups is 1. The standard InChI is InChI=1S/C21H30N6O5/c1-12(2)9-25(18-19(22)26(10-13(3)4)21(30)24-20(18)29)11-17(28)23-15-7-6-14(5)8-16(15)27(31)32/h6-8,12-13H,9-11,22H2,1-5H3,(H,23,28)(H,24,29,30). The van der Waals surface area contributed by atoms with Gasteiger partial charge in [0.15, 0.2) is 0 Å². The Morgan fingerprint density at radius 2 is 1.91 bits per heavy atom. The maximum atomic E-state index is 12.8. The minimum atomic E-state index is -0.692. The van der Waals surface area contributed by atoms with Crippen LogP contribution in [0, 0.1) is 28.9 Å². The molecule has 1 heterocycles. The Labute approximate surface area is 185 Å². The Morgan fingerprint density at radius 1 is 1.25 bits per heavy atom. The van der Waals surface area contributed by atoms with Crippen LogP contribution in [0.3, 0.4) is 0 Å². The van der Waals surface area contributed by atoms with Crippen LogP contribution in [0.2, 0.25) is 0 Å². The average molecular weight is 447 g/mol. The third-order valence-electron chi connectivity index (χ3n) is 4.62. The maximum Gasteiger partial charge on any atom is 0.330 e. The first-order chi connectivity index (χ1) is 14.9. The molecule has 0 aliphatic rings. The lowest BCUT2D eigenvalue weighted by molar-refractivity contribution is -0.384. The Hall–Kier alpha value is -3.63. The number of H-pyrrole nitrogens is 1. The second-order valence-electron chi connectivity index (χ2n) is 8.60. The number of aryl methyl sites for hydroxylation is 1. The number of benzene rings is 1. The molecule has 0 unspecified atom stereocenters. The van der Waals surface area contributed by atoms with Gasteiger partial charge in [0, 0.05) is 19.2 Å². The van der Waals surface area contributed by atoms with Gasteiger partial charge >= 0.3 is 5.69 Å². The summed E-state index contributed by atoms with van der Waals surface area (Å²) in [7, 11) is 0. The summed E-state index contributed by atoms with van der Waals surface area (Å²) in [5.41, 5.74) is 5.43. The van der Waals surface area contributed by atoms with Crippen LogP contribution in [0.15, 0.2) is 27.8 Å². The number of amides is 1.